The van der Waals surface area contributed by atoms with Crippen molar-refractivity contribution in [3.8, 4) is 0 Å². The monoisotopic (exact) mass is 316 g/mol. The molecule has 120 valence electrons. The van der Waals surface area contributed by atoms with Crippen molar-refractivity contribution in [1.82, 2.24) is 4.90 Å². The zero-order valence-corrected chi connectivity index (χ0v) is 11.8. The highest BCUT2D eigenvalue weighted by atomic mass is 19.4. The van der Waals surface area contributed by atoms with Crippen LogP contribution in [0.4, 0.5) is 23.7 Å². The molecule has 0 radical (unpaired) electrons. The Balaban J connectivity index is 2.18. The highest BCUT2D eigenvalue weighted by Gasteiger charge is 2.37. The molecule has 5 nitrogen and oxygen atoms in total. The van der Waals surface area contributed by atoms with Crippen molar-refractivity contribution in [3.63, 3.8) is 0 Å². The summed E-state index contributed by atoms with van der Waals surface area (Å²) in [5.74, 6) is -0.653. The lowest BCUT2D eigenvalue weighted by molar-refractivity contribution is -0.137. The molecular formula is C14H15F3N2O3. The van der Waals surface area contributed by atoms with Crippen LogP contribution in [0, 0.1) is 0 Å². The fourth-order valence-electron chi connectivity index (χ4n) is 2.43. The zero-order chi connectivity index (χ0) is 16.3. The van der Waals surface area contributed by atoms with Gasteiger partial charge in [0.05, 0.1) is 18.4 Å². The highest BCUT2D eigenvalue weighted by molar-refractivity contribution is 5.97. The third-order valence-electron chi connectivity index (χ3n) is 3.45. The van der Waals surface area contributed by atoms with Gasteiger partial charge in [0.2, 0.25) is 5.91 Å². The lowest BCUT2D eigenvalue weighted by Gasteiger charge is -2.23. The number of hydrogen-bond acceptors (Lipinski definition) is 3. The van der Waals surface area contributed by atoms with E-state index in [0.29, 0.717) is 19.4 Å². The molecule has 0 unspecified atom stereocenters. The van der Waals surface area contributed by atoms with Gasteiger partial charge in [0.25, 0.3) is 0 Å². The number of alkyl halides is 3. The minimum atomic E-state index is -4.57. The first-order valence-electron chi connectivity index (χ1n) is 6.66. The Morgan fingerprint density at radius 2 is 2.00 bits per heavy atom. The lowest BCUT2D eigenvalue weighted by Crippen LogP contribution is -2.43. The molecule has 0 bridgehead atoms. The second-order valence-corrected chi connectivity index (χ2v) is 4.85. The van der Waals surface area contributed by atoms with Crippen LogP contribution in [0.25, 0.3) is 0 Å². The standard InChI is InChI=1S/C14H15F3N2O3/c1-22-13(21)19-8-4-7-11(19)12(20)18-10-6-3-2-5-9(10)14(15,16)17/h2-3,5-6,11H,4,7-8H2,1H3,(H,18,20)/t11-/m0/s1. The number of methoxy groups -OCH3 is 1. The molecule has 0 aromatic heterocycles. The third-order valence-corrected chi connectivity index (χ3v) is 3.45. The summed E-state index contributed by atoms with van der Waals surface area (Å²) in [6.07, 6.45) is -4.26. The fraction of sp³-hybridized carbons (Fsp3) is 0.429. The smallest absolute Gasteiger partial charge is 0.418 e. The number of nitrogens with zero attached hydrogens (tertiary/aromatic N) is 1. The van der Waals surface area contributed by atoms with E-state index in [0.717, 1.165) is 6.07 Å². The van der Waals surface area contributed by atoms with Gasteiger partial charge >= 0.3 is 12.3 Å². The predicted molar refractivity (Wildman–Crippen MR) is 72.2 cm³/mol. The second-order valence-electron chi connectivity index (χ2n) is 4.85. The molecule has 1 N–H and O–H groups in total. The Hall–Kier alpha value is -2.25. The Morgan fingerprint density at radius 3 is 2.64 bits per heavy atom. The van der Waals surface area contributed by atoms with Crippen molar-refractivity contribution in [3.05, 3.63) is 29.8 Å². The highest BCUT2D eigenvalue weighted by Crippen LogP contribution is 2.34. The molecule has 22 heavy (non-hydrogen) atoms. The van der Waals surface area contributed by atoms with Gasteiger partial charge in [-0.1, -0.05) is 12.1 Å². The summed E-state index contributed by atoms with van der Waals surface area (Å²) in [5, 5.41) is 2.26. The number of hydrogen-bond donors (Lipinski definition) is 1. The second kappa shape index (κ2) is 6.25. The van der Waals surface area contributed by atoms with E-state index >= 15 is 0 Å². The van der Waals surface area contributed by atoms with Crippen molar-refractivity contribution >= 4 is 17.7 Å². The van der Waals surface area contributed by atoms with E-state index in [9.17, 15) is 22.8 Å². The van der Waals surface area contributed by atoms with Crippen LogP contribution in [-0.4, -0.2) is 36.6 Å². The molecule has 1 aliphatic rings. The summed E-state index contributed by atoms with van der Waals surface area (Å²) in [6.45, 7) is 0.339. The van der Waals surface area contributed by atoms with Gasteiger partial charge in [0, 0.05) is 6.54 Å². The molecule has 2 rings (SSSR count). The zero-order valence-electron chi connectivity index (χ0n) is 11.8. The van der Waals surface area contributed by atoms with Gasteiger partial charge in [-0.2, -0.15) is 13.2 Å². The van der Waals surface area contributed by atoms with Gasteiger partial charge in [0.15, 0.2) is 0 Å². The summed E-state index contributed by atoms with van der Waals surface area (Å²) < 4.78 is 43.3. The molecule has 0 saturated carbocycles. The summed E-state index contributed by atoms with van der Waals surface area (Å²) in [5.41, 5.74) is -1.25. The van der Waals surface area contributed by atoms with Crippen molar-refractivity contribution in [2.24, 2.45) is 0 Å². The summed E-state index contributed by atoms with van der Waals surface area (Å²) >= 11 is 0. The largest absolute Gasteiger partial charge is 0.453 e. The molecule has 2 amide bonds. The molecule has 1 saturated heterocycles. The van der Waals surface area contributed by atoms with Gasteiger partial charge in [-0.05, 0) is 25.0 Å². The van der Waals surface area contributed by atoms with E-state index in [1.54, 1.807) is 0 Å². The normalized spacial score (nSPS) is 18.2. The number of benzene rings is 1. The van der Waals surface area contributed by atoms with Gasteiger partial charge in [-0.3, -0.25) is 9.69 Å². The molecule has 1 fully saturated rings. The SMILES string of the molecule is COC(=O)N1CCC[C@H]1C(=O)Nc1ccccc1C(F)(F)F. The number of ether oxygens (including phenoxy) is 1. The van der Waals surface area contributed by atoms with Gasteiger partial charge in [0.1, 0.15) is 6.04 Å². The van der Waals surface area contributed by atoms with Crippen LogP contribution in [-0.2, 0) is 15.7 Å². The average Bonchev–Trinajstić information content (AvgIpc) is 2.95. The molecular weight excluding hydrogens is 301 g/mol. The first-order valence-corrected chi connectivity index (χ1v) is 6.66. The number of nitrogens with one attached hydrogen (secondary N) is 1. The van der Waals surface area contributed by atoms with Gasteiger partial charge in [-0.25, -0.2) is 4.79 Å². The molecule has 8 heteroatoms. The van der Waals surface area contributed by atoms with Crippen LogP contribution in [0.3, 0.4) is 0 Å². The molecule has 1 heterocycles. The minimum Gasteiger partial charge on any atom is -0.453 e. The molecule has 0 aliphatic carbocycles. The summed E-state index contributed by atoms with van der Waals surface area (Å²) in [6, 6.07) is 3.89. The molecule has 1 aromatic rings. The van der Waals surface area contributed by atoms with Gasteiger partial charge in [-0.15, -0.1) is 0 Å². The quantitative estimate of drug-likeness (QED) is 0.913. The van der Waals surface area contributed by atoms with Crippen LogP contribution in [0.2, 0.25) is 0 Å². The fourth-order valence-corrected chi connectivity index (χ4v) is 2.43. The Bertz CT molecular complexity index is 575. The molecule has 1 aliphatic heterocycles. The van der Waals surface area contributed by atoms with E-state index in [1.165, 1.54) is 30.2 Å². The molecule has 1 aromatic carbocycles. The maximum atomic E-state index is 12.9. The first kappa shape index (κ1) is 16.1. The van der Waals surface area contributed by atoms with Crippen molar-refractivity contribution < 1.29 is 27.5 Å². The van der Waals surface area contributed by atoms with E-state index < -0.39 is 29.8 Å². The van der Waals surface area contributed by atoms with Crippen LogP contribution in [0.5, 0.6) is 0 Å². The number of halogens is 3. The number of carbonyl (C=O) groups excluding carboxylic acids is 2. The number of amides is 2. The first-order chi connectivity index (χ1) is 10.3. The minimum absolute atomic E-state index is 0.322. The van der Waals surface area contributed by atoms with E-state index in [-0.39, 0.29) is 5.69 Å². The number of likely N-dealkylation sites (tertiary alicyclic amines) is 1. The summed E-state index contributed by atoms with van der Waals surface area (Å²) in [4.78, 5) is 25.0. The van der Waals surface area contributed by atoms with Crippen molar-refractivity contribution in [2.45, 2.75) is 25.1 Å². The van der Waals surface area contributed by atoms with Crippen LogP contribution >= 0.6 is 0 Å². The van der Waals surface area contributed by atoms with E-state index in [2.05, 4.69) is 10.1 Å². The topological polar surface area (TPSA) is 58.6 Å². The van der Waals surface area contributed by atoms with E-state index in [1.807, 2.05) is 0 Å². The third kappa shape index (κ3) is 3.32. The Kier molecular flexibility index (Phi) is 4.58. The predicted octanol–water partition coefficient (Wildman–Crippen LogP) is 2.87. The van der Waals surface area contributed by atoms with Gasteiger partial charge < -0.3 is 10.1 Å². The number of anilines is 1. The molecule has 1 atom stereocenters. The van der Waals surface area contributed by atoms with Crippen LogP contribution < -0.4 is 5.32 Å². The van der Waals surface area contributed by atoms with Crippen LogP contribution in [0.15, 0.2) is 24.3 Å². The average molecular weight is 316 g/mol. The number of para-hydroxylation sites is 1. The summed E-state index contributed by atoms with van der Waals surface area (Å²) in [7, 11) is 1.19. The Labute approximate surface area is 125 Å². The molecule has 0 spiro atoms. The number of carbonyl (C=O) groups is 2. The maximum absolute atomic E-state index is 12.9. The number of rotatable bonds is 2. The van der Waals surface area contributed by atoms with Crippen molar-refractivity contribution in [2.75, 3.05) is 19.0 Å². The maximum Gasteiger partial charge on any atom is 0.418 e. The van der Waals surface area contributed by atoms with E-state index in [4.69, 9.17) is 0 Å². The van der Waals surface area contributed by atoms with Crippen molar-refractivity contribution in [1.29, 1.82) is 0 Å². The Morgan fingerprint density at radius 1 is 1.32 bits per heavy atom. The lowest BCUT2D eigenvalue weighted by atomic mass is 10.1. The van der Waals surface area contributed by atoms with Crippen LogP contribution in [0.1, 0.15) is 18.4 Å².